The summed E-state index contributed by atoms with van der Waals surface area (Å²) in [6.45, 7) is 6.13. The van der Waals surface area contributed by atoms with E-state index in [4.69, 9.17) is 20.6 Å². The number of nitrogens with two attached hydrogens (primary N) is 1. The van der Waals surface area contributed by atoms with Crippen molar-refractivity contribution in [1.82, 2.24) is 0 Å². The molecule has 1 aromatic rings. The van der Waals surface area contributed by atoms with Gasteiger partial charge < -0.3 is 20.6 Å². The average molecular weight is 289 g/mol. The largest absolute Gasteiger partial charge is 0.481 e. The van der Waals surface area contributed by atoms with Gasteiger partial charge in [0.15, 0.2) is 0 Å². The SMILES string of the molecule is Cc1ccccc1C(C)(C)N.O=C(O)CP(=O)(O)O. The minimum absolute atomic E-state index is 0.217. The maximum Gasteiger partial charge on any atom is 0.336 e. The van der Waals surface area contributed by atoms with Crippen LogP contribution in [0.25, 0.3) is 0 Å². The molecule has 7 heteroatoms. The molecule has 0 saturated heterocycles. The van der Waals surface area contributed by atoms with Gasteiger partial charge in [-0.1, -0.05) is 24.3 Å². The Balaban J connectivity index is 0.000000362. The predicted octanol–water partition coefficient (Wildman–Crippen LogP) is 1.44. The van der Waals surface area contributed by atoms with Crippen LogP contribution in [0, 0.1) is 6.92 Å². The minimum Gasteiger partial charge on any atom is -0.481 e. The van der Waals surface area contributed by atoms with E-state index >= 15 is 0 Å². The number of aliphatic carboxylic acids is 1. The van der Waals surface area contributed by atoms with E-state index in [2.05, 4.69) is 19.1 Å². The summed E-state index contributed by atoms with van der Waals surface area (Å²) in [6, 6.07) is 8.22. The first-order valence-corrected chi connectivity index (χ1v) is 7.34. The van der Waals surface area contributed by atoms with E-state index in [9.17, 15) is 9.36 Å². The summed E-state index contributed by atoms with van der Waals surface area (Å²) in [5.41, 5.74) is 8.23. The number of aryl methyl sites for hydroxylation is 1. The molecule has 108 valence electrons. The van der Waals surface area contributed by atoms with Crippen LogP contribution >= 0.6 is 7.60 Å². The van der Waals surface area contributed by atoms with Crippen molar-refractivity contribution < 1.29 is 24.3 Å². The van der Waals surface area contributed by atoms with E-state index < -0.39 is 19.7 Å². The molecule has 0 aromatic heterocycles. The van der Waals surface area contributed by atoms with Crippen LogP contribution < -0.4 is 5.73 Å². The molecule has 0 radical (unpaired) electrons. The Morgan fingerprint density at radius 2 is 1.79 bits per heavy atom. The maximum atomic E-state index is 9.76. The van der Waals surface area contributed by atoms with E-state index in [-0.39, 0.29) is 5.54 Å². The van der Waals surface area contributed by atoms with Crippen LogP contribution in [0.5, 0.6) is 0 Å². The molecule has 0 amide bonds. The lowest BCUT2D eigenvalue weighted by atomic mass is 9.92. The van der Waals surface area contributed by atoms with Crippen LogP contribution in [-0.2, 0) is 14.9 Å². The molecule has 0 saturated carbocycles. The van der Waals surface area contributed by atoms with Gasteiger partial charge in [-0.15, -0.1) is 0 Å². The third kappa shape index (κ3) is 8.51. The van der Waals surface area contributed by atoms with E-state index in [1.165, 1.54) is 11.1 Å². The van der Waals surface area contributed by atoms with E-state index in [1.54, 1.807) is 0 Å². The van der Waals surface area contributed by atoms with Gasteiger partial charge in [0.1, 0.15) is 6.16 Å². The summed E-state index contributed by atoms with van der Waals surface area (Å²) in [6.07, 6.45) is -1.09. The van der Waals surface area contributed by atoms with Crippen LogP contribution in [0.2, 0.25) is 0 Å². The minimum atomic E-state index is -4.32. The standard InChI is InChI=1S/C10H15N.C2H5O5P/c1-8-6-4-5-7-9(8)10(2,3)11;3-2(4)1-8(5,6)7/h4-7H,11H2,1-3H3;1H2,(H,3,4)(H2,5,6,7). The summed E-state index contributed by atoms with van der Waals surface area (Å²) >= 11 is 0. The van der Waals surface area contributed by atoms with Crippen molar-refractivity contribution in [3.8, 4) is 0 Å². The lowest BCUT2D eigenvalue weighted by Crippen LogP contribution is -2.29. The second kappa shape index (κ2) is 6.82. The van der Waals surface area contributed by atoms with Gasteiger partial charge >= 0.3 is 13.6 Å². The van der Waals surface area contributed by atoms with Crippen molar-refractivity contribution in [3.63, 3.8) is 0 Å². The van der Waals surface area contributed by atoms with Gasteiger partial charge in [-0.3, -0.25) is 9.36 Å². The number of carboxylic acid groups (broad SMARTS) is 1. The highest BCUT2D eigenvalue weighted by molar-refractivity contribution is 7.52. The highest BCUT2D eigenvalue weighted by Crippen LogP contribution is 2.33. The van der Waals surface area contributed by atoms with Crippen LogP contribution in [-0.4, -0.2) is 27.0 Å². The van der Waals surface area contributed by atoms with E-state index in [1.807, 2.05) is 26.0 Å². The molecule has 0 fully saturated rings. The normalized spacial score (nSPS) is 11.5. The van der Waals surface area contributed by atoms with Gasteiger partial charge in [-0.25, -0.2) is 0 Å². The fourth-order valence-electron chi connectivity index (χ4n) is 1.47. The lowest BCUT2D eigenvalue weighted by Gasteiger charge is -2.21. The molecule has 0 bridgehead atoms. The third-order valence-corrected chi connectivity index (χ3v) is 2.86. The molecule has 0 aliphatic carbocycles. The molecule has 0 atom stereocenters. The van der Waals surface area contributed by atoms with Crippen molar-refractivity contribution in [1.29, 1.82) is 0 Å². The predicted molar refractivity (Wildman–Crippen MR) is 72.9 cm³/mol. The summed E-state index contributed by atoms with van der Waals surface area (Å²) in [5.74, 6) is -1.49. The number of hydrogen-bond donors (Lipinski definition) is 4. The summed E-state index contributed by atoms with van der Waals surface area (Å²) in [7, 11) is -4.32. The first-order chi connectivity index (χ1) is 8.43. The van der Waals surface area contributed by atoms with Crippen molar-refractivity contribution in [2.24, 2.45) is 5.73 Å². The van der Waals surface area contributed by atoms with Gasteiger partial charge in [0, 0.05) is 5.54 Å². The average Bonchev–Trinajstić information content (AvgIpc) is 2.13. The fourth-order valence-corrected chi connectivity index (χ4v) is 1.82. The number of rotatable bonds is 3. The number of benzene rings is 1. The van der Waals surface area contributed by atoms with Gasteiger partial charge in [0.2, 0.25) is 0 Å². The monoisotopic (exact) mass is 289 g/mol. The number of hydrogen-bond acceptors (Lipinski definition) is 3. The molecule has 5 N–H and O–H groups in total. The van der Waals surface area contributed by atoms with Gasteiger partial charge in [-0.2, -0.15) is 0 Å². The molecule has 0 aliphatic heterocycles. The summed E-state index contributed by atoms with van der Waals surface area (Å²) < 4.78 is 9.76. The molecular formula is C12H20NO5P. The Morgan fingerprint density at radius 3 is 2.00 bits per heavy atom. The van der Waals surface area contributed by atoms with Crippen LogP contribution in [0.1, 0.15) is 25.0 Å². The Hall–Kier alpha value is -1.20. The highest BCUT2D eigenvalue weighted by Gasteiger charge is 2.17. The first-order valence-electron chi connectivity index (χ1n) is 5.55. The summed E-state index contributed by atoms with van der Waals surface area (Å²) in [5, 5.41) is 7.76. The van der Waals surface area contributed by atoms with E-state index in [0.717, 1.165) is 0 Å². The van der Waals surface area contributed by atoms with Gasteiger partial charge in [0.25, 0.3) is 0 Å². The zero-order chi connectivity index (χ0) is 15.3. The molecule has 6 nitrogen and oxygen atoms in total. The Kier molecular flexibility index (Phi) is 6.39. The van der Waals surface area contributed by atoms with Crippen LogP contribution in [0.15, 0.2) is 24.3 Å². The zero-order valence-electron chi connectivity index (χ0n) is 11.2. The Labute approximate surface area is 112 Å². The summed E-state index contributed by atoms with van der Waals surface area (Å²) in [4.78, 5) is 25.4. The quantitative estimate of drug-likeness (QED) is 0.625. The first kappa shape index (κ1) is 17.8. The van der Waals surface area contributed by atoms with Crippen molar-refractivity contribution in [2.75, 3.05) is 6.16 Å². The van der Waals surface area contributed by atoms with Crippen LogP contribution in [0.4, 0.5) is 0 Å². The highest BCUT2D eigenvalue weighted by atomic mass is 31.2. The number of carboxylic acids is 1. The Bertz CT molecular complexity index is 475. The van der Waals surface area contributed by atoms with Crippen molar-refractivity contribution in [2.45, 2.75) is 26.3 Å². The topological polar surface area (TPSA) is 121 Å². The molecule has 0 spiro atoms. The van der Waals surface area contributed by atoms with Crippen LogP contribution in [0.3, 0.4) is 0 Å². The van der Waals surface area contributed by atoms with E-state index in [0.29, 0.717) is 0 Å². The molecular weight excluding hydrogens is 269 g/mol. The maximum absolute atomic E-state index is 9.76. The third-order valence-electron chi connectivity index (χ3n) is 2.18. The molecule has 0 aliphatic rings. The molecule has 19 heavy (non-hydrogen) atoms. The molecule has 0 heterocycles. The smallest absolute Gasteiger partial charge is 0.336 e. The van der Waals surface area contributed by atoms with Crippen molar-refractivity contribution >= 4 is 13.6 Å². The molecule has 1 rings (SSSR count). The Morgan fingerprint density at radius 1 is 1.32 bits per heavy atom. The lowest BCUT2D eigenvalue weighted by molar-refractivity contribution is -0.134. The van der Waals surface area contributed by atoms with Crippen molar-refractivity contribution in [3.05, 3.63) is 35.4 Å². The van der Waals surface area contributed by atoms with Gasteiger partial charge in [-0.05, 0) is 31.9 Å². The van der Waals surface area contributed by atoms with Gasteiger partial charge in [0.05, 0.1) is 0 Å². The number of carbonyl (C=O) groups is 1. The molecule has 1 aromatic carbocycles. The second-order valence-electron chi connectivity index (χ2n) is 4.75. The molecule has 0 unspecified atom stereocenters. The fraction of sp³-hybridized carbons (Fsp3) is 0.417. The second-order valence-corrected chi connectivity index (χ2v) is 6.40. The zero-order valence-corrected chi connectivity index (χ0v) is 12.1.